The van der Waals surface area contributed by atoms with Gasteiger partial charge in [0.15, 0.2) is 0 Å². The predicted octanol–water partition coefficient (Wildman–Crippen LogP) is 3.08. The Morgan fingerprint density at radius 1 is 1.44 bits per heavy atom. The molecule has 88 valence electrons. The largest absolute Gasteiger partial charge is 0.369 e. The lowest BCUT2D eigenvalue weighted by Crippen LogP contribution is -2.09. The molecule has 0 aliphatic heterocycles. The Bertz CT molecular complexity index is 368. The van der Waals surface area contributed by atoms with Crippen LogP contribution in [-0.2, 0) is 0 Å². The van der Waals surface area contributed by atoms with Gasteiger partial charge < -0.3 is 5.32 Å². The molecule has 1 aromatic rings. The molecule has 0 saturated heterocycles. The van der Waals surface area contributed by atoms with E-state index in [4.69, 9.17) is 11.6 Å². The van der Waals surface area contributed by atoms with Crippen molar-refractivity contribution in [3.05, 3.63) is 29.2 Å². The van der Waals surface area contributed by atoms with Gasteiger partial charge in [-0.3, -0.25) is 0 Å². The van der Waals surface area contributed by atoms with Gasteiger partial charge in [-0.25, -0.2) is 9.97 Å². The van der Waals surface area contributed by atoms with E-state index in [0.29, 0.717) is 11.0 Å². The number of hydrogen-bond acceptors (Lipinski definition) is 4. The van der Waals surface area contributed by atoms with Crippen LogP contribution in [0.2, 0.25) is 5.15 Å². The van der Waals surface area contributed by atoms with Gasteiger partial charge in [0.2, 0.25) is 0 Å². The van der Waals surface area contributed by atoms with E-state index in [0.717, 1.165) is 29.4 Å². The third-order valence-electron chi connectivity index (χ3n) is 1.97. The summed E-state index contributed by atoms with van der Waals surface area (Å²) in [7, 11) is 0. The number of nitrogens with zero attached hydrogens (tertiary/aromatic N) is 2. The van der Waals surface area contributed by atoms with Gasteiger partial charge in [-0.1, -0.05) is 17.7 Å². The second kappa shape index (κ2) is 6.76. The molecule has 3 nitrogen and oxygen atoms in total. The van der Waals surface area contributed by atoms with Crippen molar-refractivity contribution in [2.45, 2.75) is 13.8 Å². The molecule has 0 aliphatic rings. The number of nitrogens with one attached hydrogen (secondary N) is 1. The highest BCUT2D eigenvalue weighted by Crippen LogP contribution is 2.19. The summed E-state index contributed by atoms with van der Waals surface area (Å²) in [5, 5.41) is 3.78. The lowest BCUT2D eigenvalue weighted by Gasteiger charge is -2.09. The molecule has 0 atom stereocenters. The third kappa shape index (κ3) is 4.02. The van der Waals surface area contributed by atoms with Crippen LogP contribution in [0.3, 0.4) is 0 Å². The average Bonchev–Trinajstić information content (AvgIpc) is 2.24. The van der Waals surface area contributed by atoms with E-state index in [2.05, 4.69) is 21.9 Å². The highest BCUT2D eigenvalue weighted by atomic mass is 35.5. The normalized spacial score (nSPS) is 10.2. The van der Waals surface area contributed by atoms with Gasteiger partial charge in [0, 0.05) is 23.6 Å². The van der Waals surface area contributed by atoms with Crippen LogP contribution in [0.1, 0.15) is 11.4 Å². The first kappa shape index (κ1) is 13.3. The minimum absolute atomic E-state index is 0.522. The number of hydrogen-bond donors (Lipinski definition) is 1. The van der Waals surface area contributed by atoms with Crippen LogP contribution in [-0.4, -0.2) is 28.0 Å². The van der Waals surface area contributed by atoms with Crippen molar-refractivity contribution >= 4 is 29.2 Å². The van der Waals surface area contributed by atoms with Crippen LogP contribution in [0.15, 0.2) is 12.7 Å². The van der Waals surface area contributed by atoms with Gasteiger partial charge in [0.1, 0.15) is 16.8 Å². The Kier molecular flexibility index (Phi) is 5.63. The lowest BCUT2D eigenvalue weighted by molar-refractivity contribution is 1.02. The zero-order chi connectivity index (χ0) is 12.0. The SMILES string of the molecule is C=CCSCCNc1nc(C)nc(Cl)c1C. The van der Waals surface area contributed by atoms with Gasteiger partial charge in [-0.2, -0.15) is 11.8 Å². The molecule has 16 heavy (non-hydrogen) atoms. The van der Waals surface area contributed by atoms with Gasteiger partial charge in [0.25, 0.3) is 0 Å². The molecule has 1 aromatic heterocycles. The molecule has 0 bridgehead atoms. The van der Waals surface area contributed by atoms with Crippen molar-refractivity contribution in [3.8, 4) is 0 Å². The number of halogens is 1. The molecule has 0 aromatic carbocycles. The van der Waals surface area contributed by atoms with Crippen molar-refractivity contribution in [2.75, 3.05) is 23.4 Å². The summed E-state index contributed by atoms with van der Waals surface area (Å²) in [6.45, 7) is 8.30. The Balaban J connectivity index is 2.50. The molecule has 0 unspecified atom stereocenters. The van der Waals surface area contributed by atoms with Crippen LogP contribution in [0.25, 0.3) is 0 Å². The standard InChI is InChI=1S/C11H16ClN3S/c1-4-6-16-7-5-13-11-8(2)10(12)14-9(3)15-11/h4H,1,5-7H2,2-3H3,(H,13,14,15). The van der Waals surface area contributed by atoms with Gasteiger partial charge in [-0.05, 0) is 13.8 Å². The van der Waals surface area contributed by atoms with Crippen molar-refractivity contribution in [1.82, 2.24) is 9.97 Å². The summed E-state index contributed by atoms with van der Waals surface area (Å²) in [5.41, 5.74) is 0.904. The Morgan fingerprint density at radius 2 is 2.19 bits per heavy atom. The molecular weight excluding hydrogens is 242 g/mol. The molecule has 0 saturated carbocycles. The Morgan fingerprint density at radius 3 is 2.88 bits per heavy atom. The number of anilines is 1. The summed E-state index contributed by atoms with van der Waals surface area (Å²) in [5.74, 6) is 3.52. The fraction of sp³-hybridized carbons (Fsp3) is 0.455. The molecule has 1 N–H and O–H groups in total. The first-order valence-electron chi connectivity index (χ1n) is 5.08. The fourth-order valence-corrected chi connectivity index (χ4v) is 1.97. The van der Waals surface area contributed by atoms with E-state index in [9.17, 15) is 0 Å². The fourth-order valence-electron chi connectivity index (χ4n) is 1.17. The number of aryl methyl sites for hydroxylation is 1. The molecule has 1 heterocycles. The molecule has 5 heteroatoms. The number of rotatable bonds is 6. The van der Waals surface area contributed by atoms with E-state index < -0.39 is 0 Å². The van der Waals surface area contributed by atoms with Crippen molar-refractivity contribution in [2.24, 2.45) is 0 Å². The van der Waals surface area contributed by atoms with Crippen LogP contribution in [0, 0.1) is 13.8 Å². The maximum absolute atomic E-state index is 5.97. The maximum Gasteiger partial charge on any atom is 0.137 e. The minimum atomic E-state index is 0.522. The highest BCUT2D eigenvalue weighted by Gasteiger charge is 2.06. The second-order valence-electron chi connectivity index (χ2n) is 3.33. The van der Waals surface area contributed by atoms with Crippen LogP contribution in [0.5, 0.6) is 0 Å². The quantitative estimate of drug-likeness (QED) is 0.483. The smallest absolute Gasteiger partial charge is 0.137 e. The van der Waals surface area contributed by atoms with Crippen molar-refractivity contribution in [1.29, 1.82) is 0 Å². The summed E-state index contributed by atoms with van der Waals surface area (Å²) < 4.78 is 0. The van der Waals surface area contributed by atoms with Gasteiger partial charge >= 0.3 is 0 Å². The molecule has 0 radical (unpaired) electrons. The molecule has 0 spiro atoms. The molecule has 0 amide bonds. The van der Waals surface area contributed by atoms with E-state index in [-0.39, 0.29) is 0 Å². The highest BCUT2D eigenvalue weighted by molar-refractivity contribution is 7.99. The Hall–Kier alpha value is -0.740. The van der Waals surface area contributed by atoms with Crippen LogP contribution in [0.4, 0.5) is 5.82 Å². The van der Waals surface area contributed by atoms with E-state index >= 15 is 0 Å². The van der Waals surface area contributed by atoms with Gasteiger partial charge in [-0.15, -0.1) is 6.58 Å². The molecule has 0 aliphatic carbocycles. The topological polar surface area (TPSA) is 37.8 Å². The molecule has 0 fully saturated rings. The molecule has 1 rings (SSSR count). The van der Waals surface area contributed by atoms with E-state index in [1.54, 1.807) is 0 Å². The van der Waals surface area contributed by atoms with Crippen molar-refractivity contribution < 1.29 is 0 Å². The summed E-state index contributed by atoms with van der Waals surface area (Å²) in [4.78, 5) is 8.40. The number of thioether (sulfide) groups is 1. The predicted molar refractivity (Wildman–Crippen MR) is 72.5 cm³/mol. The van der Waals surface area contributed by atoms with Crippen LogP contribution >= 0.6 is 23.4 Å². The average molecular weight is 258 g/mol. The van der Waals surface area contributed by atoms with Crippen molar-refractivity contribution in [3.63, 3.8) is 0 Å². The zero-order valence-electron chi connectivity index (χ0n) is 9.59. The third-order valence-corrected chi connectivity index (χ3v) is 3.30. The zero-order valence-corrected chi connectivity index (χ0v) is 11.2. The van der Waals surface area contributed by atoms with E-state index in [1.165, 1.54) is 0 Å². The van der Waals surface area contributed by atoms with Crippen LogP contribution < -0.4 is 5.32 Å². The monoisotopic (exact) mass is 257 g/mol. The van der Waals surface area contributed by atoms with E-state index in [1.807, 2.05) is 31.7 Å². The second-order valence-corrected chi connectivity index (χ2v) is 4.83. The molecular formula is C11H16ClN3S. The lowest BCUT2D eigenvalue weighted by atomic mass is 10.3. The summed E-state index contributed by atoms with van der Waals surface area (Å²) in [6.07, 6.45) is 1.90. The summed E-state index contributed by atoms with van der Waals surface area (Å²) in [6, 6.07) is 0. The maximum atomic E-state index is 5.97. The minimum Gasteiger partial charge on any atom is -0.369 e. The first-order valence-corrected chi connectivity index (χ1v) is 6.61. The number of aromatic nitrogens is 2. The summed E-state index contributed by atoms with van der Waals surface area (Å²) >= 11 is 7.80. The Labute approximate surface area is 106 Å². The van der Waals surface area contributed by atoms with Gasteiger partial charge in [0.05, 0.1) is 0 Å². The first-order chi connectivity index (χ1) is 7.65.